The summed E-state index contributed by atoms with van der Waals surface area (Å²) in [5.41, 5.74) is 7.01. The van der Waals surface area contributed by atoms with Crippen molar-refractivity contribution in [2.24, 2.45) is 11.1 Å². The molecule has 0 saturated carbocycles. The van der Waals surface area contributed by atoms with E-state index in [1.54, 1.807) is 0 Å². The van der Waals surface area contributed by atoms with E-state index in [4.69, 9.17) is 10.5 Å². The highest BCUT2D eigenvalue weighted by molar-refractivity contribution is 5.27. The Morgan fingerprint density at radius 2 is 1.78 bits per heavy atom. The van der Waals surface area contributed by atoms with Crippen molar-refractivity contribution in [3.63, 3.8) is 0 Å². The monoisotopic (exact) mass is 250 g/mol. The minimum Gasteiger partial charge on any atom is -0.492 e. The summed E-state index contributed by atoms with van der Waals surface area (Å²) in [6, 6.07) is 7.97. The lowest BCUT2D eigenvalue weighted by atomic mass is 9.96. The van der Waals surface area contributed by atoms with E-state index in [1.807, 2.05) is 24.3 Å². The first-order chi connectivity index (χ1) is 8.40. The van der Waals surface area contributed by atoms with Crippen LogP contribution < -0.4 is 10.5 Å². The van der Waals surface area contributed by atoms with Gasteiger partial charge in [-0.05, 0) is 30.2 Å². The van der Waals surface area contributed by atoms with Crippen molar-refractivity contribution in [2.45, 2.75) is 27.3 Å². The van der Waals surface area contributed by atoms with Crippen LogP contribution in [0.5, 0.6) is 5.75 Å². The van der Waals surface area contributed by atoms with Gasteiger partial charge in [0, 0.05) is 19.6 Å². The van der Waals surface area contributed by atoms with E-state index in [2.05, 4.69) is 32.7 Å². The van der Waals surface area contributed by atoms with Crippen molar-refractivity contribution in [1.82, 2.24) is 4.90 Å². The molecule has 0 aromatic heterocycles. The van der Waals surface area contributed by atoms with Gasteiger partial charge in [-0.1, -0.05) is 32.9 Å². The summed E-state index contributed by atoms with van der Waals surface area (Å²) in [4.78, 5) is 2.30. The van der Waals surface area contributed by atoms with Crippen LogP contribution in [0.3, 0.4) is 0 Å². The fourth-order valence-electron chi connectivity index (χ4n) is 1.93. The maximum Gasteiger partial charge on any atom is 0.119 e. The lowest BCUT2D eigenvalue weighted by molar-refractivity contribution is 0.188. The first kappa shape index (κ1) is 15.0. The lowest BCUT2D eigenvalue weighted by Crippen LogP contribution is -2.32. The third kappa shape index (κ3) is 6.03. The van der Waals surface area contributed by atoms with Gasteiger partial charge in [-0.25, -0.2) is 0 Å². The lowest BCUT2D eigenvalue weighted by Gasteiger charge is -2.26. The first-order valence-electron chi connectivity index (χ1n) is 6.51. The van der Waals surface area contributed by atoms with Crippen molar-refractivity contribution in [3.8, 4) is 5.75 Å². The molecule has 3 nitrogen and oxygen atoms in total. The molecule has 2 N–H and O–H groups in total. The number of nitrogens with zero attached hydrogens (tertiary/aromatic N) is 1. The number of hydrogen-bond acceptors (Lipinski definition) is 3. The molecule has 0 aliphatic carbocycles. The van der Waals surface area contributed by atoms with Gasteiger partial charge in [0.15, 0.2) is 0 Å². The van der Waals surface area contributed by atoms with Gasteiger partial charge in [0.05, 0.1) is 0 Å². The van der Waals surface area contributed by atoms with Crippen LogP contribution in [-0.4, -0.2) is 31.6 Å². The summed E-state index contributed by atoms with van der Waals surface area (Å²) < 4.78 is 5.71. The first-order valence-corrected chi connectivity index (χ1v) is 6.51. The van der Waals surface area contributed by atoms with Crippen molar-refractivity contribution >= 4 is 0 Å². The SMILES string of the molecule is CN(CCOc1ccc(CN)cc1)CC(C)(C)C. The fourth-order valence-corrected chi connectivity index (χ4v) is 1.93. The molecular formula is C15H26N2O. The van der Waals surface area contributed by atoms with Crippen molar-refractivity contribution < 1.29 is 4.74 Å². The van der Waals surface area contributed by atoms with Crippen LogP contribution in [0.15, 0.2) is 24.3 Å². The van der Waals surface area contributed by atoms with E-state index in [-0.39, 0.29) is 0 Å². The smallest absolute Gasteiger partial charge is 0.119 e. The standard InChI is InChI=1S/C15H26N2O/c1-15(2,3)12-17(4)9-10-18-14-7-5-13(11-16)6-8-14/h5-8H,9-12,16H2,1-4H3. The van der Waals surface area contributed by atoms with E-state index < -0.39 is 0 Å². The Bertz CT molecular complexity index is 341. The fraction of sp³-hybridized carbons (Fsp3) is 0.600. The number of benzene rings is 1. The average Bonchev–Trinajstić information content (AvgIpc) is 2.27. The Balaban J connectivity index is 2.28. The molecule has 0 spiro atoms. The molecule has 0 bridgehead atoms. The summed E-state index contributed by atoms with van der Waals surface area (Å²) in [6.07, 6.45) is 0. The second kappa shape index (κ2) is 6.76. The summed E-state index contributed by atoms with van der Waals surface area (Å²) in [5, 5.41) is 0. The molecule has 0 aliphatic rings. The molecule has 0 heterocycles. The number of likely N-dealkylation sites (N-methyl/N-ethyl adjacent to an activating group) is 1. The number of ether oxygens (including phenoxy) is 1. The highest BCUT2D eigenvalue weighted by Crippen LogP contribution is 2.14. The van der Waals surface area contributed by atoms with Crippen LogP contribution in [0.1, 0.15) is 26.3 Å². The maximum atomic E-state index is 5.71. The van der Waals surface area contributed by atoms with Crippen LogP contribution in [0.25, 0.3) is 0 Å². The zero-order chi connectivity index (χ0) is 13.6. The molecule has 0 amide bonds. The molecule has 18 heavy (non-hydrogen) atoms. The maximum absolute atomic E-state index is 5.71. The van der Waals surface area contributed by atoms with E-state index >= 15 is 0 Å². The Morgan fingerprint density at radius 1 is 1.17 bits per heavy atom. The Hall–Kier alpha value is -1.06. The van der Waals surface area contributed by atoms with Crippen LogP contribution in [0.4, 0.5) is 0 Å². The molecule has 0 radical (unpaired) electrons. The Morgan fingerprint density at radius 3 is 2.28 bits per heavy atom. The molecule has 1 aromatic carbocycles. The molecule has 0 saturated heterocycles. The van der Waals surface area contributed by atoms with Crippen LogP contribution >= 0.6 is 0 Å². The number of rotatable bonds is 6. The zero-order valence-corrected chi connectivity index (χ0v) is 12.1. The quantitative estimate of drug-likeness (QED) is 0.843. The predicted molar refractivity (Wildman–Crippen MR) is 76.8 cm³/mol. The molecular weight excluding hydrogens is 224 g/mol. The summed E-state index contributed by atoms with van der Waals surface area (Å²) in [5.74, 6) is 0.913. The number of nitrogens with two attached hydrogens (primary N) is 1. The van der Waals surface area contributed by atoms with Crippen molar-refractivity contribution in [1.29, 1.82) is 0 Å². The summed E-state index contributed by atoms with van der Waals surface area (Å²) in [7, 11) is 2.13. The van der Waals surface area contributed by atoms with Gasteiger partial charge in [-0.3, -0.25) is 0 Å². The van der Waals surface area contributed by atoms with Gasteiger partial charge in [0.25, 0.3) is 0 Å². The predicted octanol–water partition coefficient (Wildman–Crippen LogP) is 2.50. The third-order valence-electron chi connectivity index (χ3n) is 2.65. The van der Waals surface area contributed by atoms with E-state index in [1.165, 1.54) is 0 Å². The minimum atomic E-state index is 0.331. The molecule has 0 fully saturated rings. The van der Waals surface area contributed by atoms with Crippen molar-refractivity contribution in [2.75, 3.05) is 26.7 Å². The van der Waals surface area contributed by atoms with Crippen LogP contribution in [0, 0.1) is 5.41 Å². The van der Waals surface area contributed by atoms with E-state index in [9.17, 15) is 0 Å². The van der Waals surface area contributed by atoms with E-state index in [0.717, 1.165) is 24.4 Å². The number of hydrogen-bond donors (Lipinski definition) is 1. The van der Waals surface area contributed by atoms with Gasteiger partial charge in [0.2, 0.25) is 0 Å². The second-order valence-corrected chi connectivity index (χ2v) is 5.99. The van der Waals surface area contributed by atoms with Gasteiger partial charge in [0.1, 0.15) is 12.4 Å². The highest BCUT2D eigenvalue weighted by Gasteiger charge is 2.13. The minimum absolute atomic E-state index is 0.331. The van der Waals surface area contributed by atoms with Crippen LogP contribution in [0.2, 0.25) is 0 Å². The molecule has 0 atom stereocenters. The van der Waals surface area contributed by atoms with Gasteiger partial charge < -0.3 is 15.4 Å². The van der Waals surface area contributed by atoms with Crippen molar-refractivity contribution in [3.05, 3.63) is 29.8 Å². The van der Waals surface area contributed by atoms with Crippen LogP contribution in [-0.2, 0) is 6.54 Å². The summed E-state index contributed by atoms with van der Waals surface area (Å²) in [6.45, 7) is 10.0. The largest absolute Gasteiger partial charge is 0.492 e. The van der Waals surface area contributed by atoms with Gasteiger partial charge in [-0.2, -0.15) is 0 Å². The Labute approximate surface area is 111 Å². The molecule has 0 unspecified atom stereocenters. The Kier molecular flexibility index (Phi) is 5.63. The highest BCUT2D eigenvalue weighted by atomic mass is 16.5. The molecule has 102 valence electrons. The van der Waals surface area contributed by atoms with Gasteiger partial charge in [-0.15, -0.1) is 0 Å². The molecule has 3 heteroatoms. The normalized spacial score (nSPS) is 11.9. The van der Waals surface area contributed by atoms with Gasteiger partial charge >= 0.3 is 0 Å². The third-order valence-corrected chi connectivity index (χ3v) is 2.65. The topological polar surface area (TPSA) is 38.5 Å². The summed E-state index contributed by atoms with van der Waals surface area (Å²) >= 11 is 0. The molecule has 1 aromatic rings. The average molecular weight is 250 g/mol. The molecule has 0 aliphatic heterocycles. The van der Waals surface area contributed by atoms with E-state index in [0.29, 0.717) is 18.6 Å². The zero-order valence-electron chi connectivity index (χ0n) is 12.1. The molecule has 1 rings (SSSR count). The second-order valence-electron chi connectivity index (χ2n) is 5.99.